The summed E-state index contributed by atoms with van der Waals surface area (Å²) in [7, 11) is -3.27. The summed E-state index contributed by atoms with van der Waals surface area (Å²) in [6.07, 6.45) is 3.24. The molecule has 29 heavy (non-hydrogen) atoms. The molecule has 2 heterocycles. The quantitative estimate of drug-likeness (QED) is 0.725. The Morgan fingerprint density at radius 1 is 1.03 bits per heavy atom. The Morgan fingerprint density at radius 2 is 1.72 bits per heavy atom. The molecule has 7 heteroatoms. The average molecular weight is 411 g/mol. The first-order valence-electron chi connectivity index (χ1n) is 9.68. The first kappa shape index (κ1) is 18.4. The largest absolute Gasteiger partial charge is 0.449 e. The monoisotopic (exact) mass is 411 g/mol. The lowest BCUT2D eigenvalue weighted by atomic mass is 9.91. The van der Waals surface area contributed by atoms with Gasteiger partial charge in [0.25, 0.3) is 0 Å². The first-order valence-corrected chi connectivity index (χ1v) is 11.6. The minimum absolute atomic E-state index is 0.0295. The molecule has 150 valence electrons. The second kappa shape index (κ2) is 5.92. The van der Waals surface area contributed by atoms with Crippen LogP contribution in [0.5, 0.6) is 0 Å². The fourth-order valence-electron chi connectivity index (χ4n) is 4.68. The van der Waals surface area contributed by atoms with Crippen LogP contribution in [0.3, 0.4) is 0 Å². The van der Waals surface area contributed by atoms with Gasteiger partial charge in [-0.1, -0.05) is 30.3 Å². The molecule has 1 saturated heterocycles. The fourth-order valence-corrected chi connectivity index (χ4v) is 5.31. The number of rotatable bonds is 3. The van der Waals surface area contributed by atoms with Gasteiger partial charge in [0.1, 0.15) is 0 Å². The second-order valence-corrected chi connectivity index (χ2v) is 10.3. The molecule has 3 aliphatic rings. The van der Waals surface area contributed by atoms with Gasteiger partial charge in [-0.25, -0.2) is 13.2 Å². The summed E-state index contributed by atoms with van der Waals surface area (Å²) in [6, 6.07) is 14.0. The zero-order chi connectivity index (χ0) is 20.4. The molecule has 1 aliphatic carbocycles. The standard InChI is InChI=1S/C22H21NO5S/c1-29(26,27)16-8-6-15(7-9-16)21(10-11-21)20(25)23-13-12-22(14-23)18-5-3-2-4-17(18)19(24)28-22/h2-9H,10-14H2,1H3. The number of amides is 1. The van der Waals surface area contributed by atoms with Crippen molar-refractivity contribution >= 4 is 21.7 Å². The zero-order valence-corrected chi connectivity index (χ0v) is 16.9. The molecule has 1 amide bonds. The van der Waals surface area contributed by atoms with Crippen LogP contribution in [-0.2, 0) is 30.4 Å². The van der Waals surface area contributed by atoms with Crippen molar-refractivity contribution in [3.63, 3.8) is 0 Å². The summed E-state index contributed by atoms with van der Waals surface area (Å²) in [5.41, 5.74) is 0.949. The van der Waals surface area contributed by atoms with Crippen LogP contribution in [-0.4, -0.2) is 44.5 Å². The SMILES string of the molecule is CS(=O)(=O)c1ccc(C2(C(=O)N3CCC4(C3)OC(=O)c3ccccc34)CC2)cc1. The van der Waals surface area contributed by atoms with Crippen LogP contribution in [0.15, 0.2) is 53.4 Å². The Labute approximate surface area is 169 Å². The highest BCUT2D eigenvalue weighted by Crippen LogP contribution is 2.52. The number of carbonyl (C=O) groups is 2. The number of hydrogen-bond donors (Lipinski definition) is 0. The van der Waals surface area contributed by atoms with E-state index in [1.165, 1.54) is 6.26 Å². The van der Waals surface area contributed by atoms with Crippen molar-refractivity contribution in [2.75, 3.05) is 19.3 Å². The van der Waals surface area contributed by atoms with Gasteiger partial charge in [0.05, 0.1) is 22.4 Å². The minimum atomic E-state index is -3.27. The molecule has 1 unspecified atom stereocenters. The van der Waals surface area contributed by atoms with Crippen molar-refractivity contribution in [3.8, 4) is 0 Å². The van der Waals surface area contributed by atoms with E-state index in [1.807, 2.05) is 18.2 Å². The van der Waals surface area contributed by atoms with Gasteiger partial charge in [-0.05, 0) is 36.6 Å². The van der Waals surface area contributed by atoms with Gasteiger partial charge < -0.3 is 9.64 Å². The maximum atomic E-state index is 13.4. The minimum Gasteiger partial charge on any atom is -0.449 e. The van der Waals surface area contributed by atoms with Gasteiger partial charge in [-0.3, -0.25) is 4.79 Å². The van der Waals surface area contributed by atoms with E-state index in [0.717, 1.165) is 24.0 Å². The highest BCUT2D eigenvalue weighted by atomic mass is 32.2. The average Bonchev–Trinajstić information content (AvgIpc) is 3.34. The predicted molar refractivity (Wildman–Crippen MR) is 105 cm³/mol. The summed E-state index contributed by atoms with van der Waals surface area (Å²) in [5.74, 6) is -0.297. The van der Waals surface area contributed by atoms with Gasteiger partial charge in [-0.15, -0.1) is 0 Å². The Bertz CT molecular complexity index is 1130. The van der Waals surface area contributed by atoms with E-state index < -0.39 is 20.9 Å². The van der Waals surface area contributed by atoms with E-state index in [2.05, 4.69) is 0 Å². The van der Waals surface area contributed by atoms with Crippen molar-refractivity contribution in [3.05, 3.63) is 65.2 Å². The van der Waals surface area contributed by atoms with Crippen molar-refractivity contribution in [2.45, 2.75) is 35.2 Å². The van der Waals surface area contributed by atoms with Gasteiger partial charge in [-0.2, -0.15) is 0 Å². The summed E-state index contributed by atoms with van der Waals surface area (Å²) in [6.45, 7) is 0.890. The third-order valence-electron chi connectivity index (χ3n) is 6.44. The molecule has 0 radical (unpaired) electrons. The molecule has 0 N–H and O–H groups in total. The number of hydrogen-bond acceptors (Lipinski definition) is 5. The lowest BCUT2D eigenvalue weighted by Gasteiger charge is -2.27. The number of fused-ring (bicyclic) bond motifs is 2. The molecule has 0 aromatic heterocycles. The van der Waals surface area contributed by atoms with Crippen LogP contribution in [0.2, 0.25) is 0 Å². The molecular formula is C22H21NO5S. The van der Waals surface area contributed by atoms with E-state index in [4.69, 9.17) is 4.74 Å². The third kappa shape index (κ3) is 2.71. The first-order chi connectivity index (χ1) is 13.8. The van der Waals surface area contributed by atoms with E-state index in [-0.39, 0.29) is 16.8 Å². The summed E-state index contributed by atoms with van der Waals surface area (Å²) in [4.78, 5) is 27.7. The summed E-state index contributed by atoms with van der Waals surface area (Å²) >= 11 is 0. The molecule has 6 nitrogen and oxygen atoms in total. The van der Waals surface area contributed by atoms with Crippen molar-refractivity contribution in [1.29, 1.82) is 0 Å². The normalized spacial score (nSPS) is 24.4. The molecule has 2 aliphatic heterocycles. The smallest absolute Gasteiger partial charge is 0.339 e. The predicted octanol–water partition coefficient (Wildman–Crippen LogP) is 2.42. The van der Waals surface area contributed by atoms with E-state index in [9.17, 15) is 18.0 Å². The molecule has 1 atom stereocenters. The third-order valence-corrected chi connectivity index (χ3v) is 7.57. The number of likely N-dealkylation sites (tertiary alicyclic amines) is 1. The van der Waals surface area contributed by atoms with Crippen molar-refractivity contribution in [1.82, 2.24) is 4.90 Å². The van der Waals surface area contributed by atoms with Crippen LogP contribution in [0.4, 0.5) is 0 Å². The highest BCUT2D eigenvalue weighted by molar-refractivity contribution is 7.90. The Kier molecular flexibility index (Phi) is 3.75. The van der Waals surface area contributed by atoms with Gasteiger partial charge in [0.15, 0.2) is 15.4 Å². The highest BCUT2D eigenvalue weighted by Gasteiger charge is 2.57. The van der Waals surface area contributed by atoms with Crippen molar-refractivity contribution < 1.29 is 22.7 Å². The van der Waals surface area contributed by atoms with Crippen LogP contribution in [0.1, 0.15) is 40.7 Å². The lowest BCUT2D eigenvalue weighted by molar-refractivity contribution is -0.134. The van der Waals surface area contributed by atoms with E-state index in [0.29, 0.717) is 25.1 Å². The molecular weight excluding hydrogens is 390 g/mol. The molecule has 1 saturated carbocycles. The van der Waals surface area contributed by atoms with E-state index in [1.54, 1.807) is 35.2 Å². The molecule has 1 spiro atoms. The van der Waals surface area contributed by atoms with Crippen LogP contribution in [0, 0.1) is 0 Å². The molecule has 2 aromatic carbocycles. The number of esters is 1. The Balaban J connectivity index is 1.41. The van der Waals surface area contributed by atoms with Crippen LogP contribution < -0.4 is 0 Å². The second-order valence-electron chi connectivity index (χ2n) is 8.28. The number of ether oxygens (including phenoxy) is 1. The Hall–Kier alpha value is -2.67. The van der Waals surface area contributed by atoms with Crippen LogP contribution in [0.25, 0.3) is 0 Å². The van der Waals surface area contributed by atoms with E-state index >= 15 is 0 Å². The number of sulfone groups is 1. The zero-order valence-electron chi connectivity index (χ0n) is 16.1. The molecule has 2 fully saturated rings. The number of nitrogens with zero attached hydrogens (tertiary/aromatic N) is 1. The fraction of sp³-hybridized carbons (Fsp3) is 0.364. The lowest BCUT2D eigenvalue weighted by Crippen LogP contribution is -2.40. The summed E-state index contributed by atoms with van der Waals surface area (Å²) in [5, 5.41) is 0. The van der Waals surface area contributed by atoms with Crippen LogP contribution >= 0.6 is 0 Å². The molecule has 0 bridgehead atoms. The molecule has 2 aromatic rings. The van der Waals surface area contributed by atoms with Gasteiger partial charge in [0.2, 0.25) is 5.91 Å². The maximum absolute atomic E-state index is 13.4. The number of benzene rings is 2. The molecule has 5 rings (SSSR count). The summed E-state index contributed by atoms with van der Waals surface area (Å²) < 4.78 is 29.2. The van der Waals surface area contributed by atoms with Gasteiger partial charge >= 0.3 is 5.97 Å². The topological polar surface area (TPSA) is 80.8 Å². The van der Waals surface area contributed by atoms with Gasteiger partial charge in [0, 0.05) is 24.8 Å². The maximum Gasteiger partial charge on any atom is 0.339 e. The number of carbonyl (C=O) groups excluding carboxylic acids is 2. The Morgan fingerprint density at radius 3 is 2.38 bits per heavy atom. The van der Waals surface area contributed by atoms with Crippen molar-refractivity contribution in [2.24, 2.45) is 0 Å².